The summed E-state index contributed by atoms with van der Waals surface area (Å²) in [7, 11) is 0. The van der Waals surface area contributed by atoms with Crippen molar-refractivity contribution in [1.29, 1.82) is 0 Å². The number of rotatable bonds is 0. The van der Waals surface area contributed by atoms with Gasteiger partial charge in [0.2, 0.25) is 11.8 Å². The third-order valence-electron chi connectivity index (χ3n) is 2.35. The molecule has 1 N–H and O–H groups in total. The molecular formula is C8H9NO2. The summed E-state index contributed by atoms with van der Waals surface area (Å²) in [4.78, 5) is 22.1. The van der Waals surface area contributed by atoms with Gasteiger partial charge in [-0.25, -0.2) is 0 Å². The molecule has 0 aromatic heterocycles. The maximum absolute atomic E-state index is 11.1. The van der Waals surface area contributed by atoms with Crippen LogP contribution in [0.25, 0.3) is 0 Å². The highest BCUT2D eigenvalue weighted by molar-refractivity contribution is 6.05. The summed E-state index contributed by atoms with van der Waals surface area (Å²) in [5.74, 6) is -0.339. The van der Waals surface area contributed by atoms with E-state index in [1.54, 1.807) is 0 Å². The third kappa shape index (κ3) is 0.878. The Hall–Kier alpha value is -1.12. The maximum atomic E-state index is 11.1. The minimum atomic E-state index is -0.0932. The smallest absolute Gasteiger partial charge is 0.230 e. The topological polar surface area (TPSA) is 46.2 Å². The Labute approximate surface area is 64.5 Å². The van der Waals surface area contributed by atoms with Crippen LogP contribution in [0.3, 0.4) is 0 Å². The van der Waals surface area contributed by atoms with Gasteiger partial charge in [-0.2, -0.15) is 0 Å². The van der Waals surface area contributed by atoms with Gasteiger partial charge >= 0.3 is 0 Å². The fraction of sp³-hybridized carbons (Fsp3) is 0.500. The Bertz CT molecular complexity index is 220. The molecule has 0 radical (unpaired) electrons. The number of nitrogens with one attached hydrogen (secondary N) is 1. The van der Waals surface area contributed by atoms with Crippen LogP contribution in [0, 0.1) is 11.8 Å². The molecule has 1 aliphatic heterocycles. The van der Waals surface area contributed by atoms with E-state index in [0.717, 1.165) is 12.8 Å². The number of hydrogen-bond donors (Lipinski definition) is 1. The molecule has 1 unspecified atom stereocenters. The molecule has 2 atom stereocenters. The van der Waals surface area contributed by atoms with Crippen molar-refractivity contribution in [1.82, 2.24) is 5.32 Å². The van der Waals surface area contributed by atoms with E-state index in [4.69, 9.17) is 0 Å². The first-order valence-corrected chi connectivity index (χ1v) is 3.79. The summed E-state index contributed by atoms with van der Waals surface area (Å²) in [6, 6.07) is 0. The van der Waals surface area contributed by atoms with Gasteiger partial charge in [0.15, 0.2) is 0 Å². The number of imide groups is 1. The monoisotopic (exact) mass is 151 g/mol. The lowest BCUT2D eigenvalue weighted by molar-refractivity contribution is -0.126. The Morgan fingerprint density at radius 1 is 1.09 bits per heavy atom. The maximum Gasteiger partial charge on any atom is 0.230 e. The summed E-state index contributed by atoms with van der Waals surface area (Å²) >= 11 is 0. The molecule has 2 rings (SSSR count). The zero-order chi connectivity index (χ0) is 7.84. The van der Waals surface area contributed by atoms with Crippen LogP contribution < -0.4 is 5.32 Å². The van der Waals surface area contributed by atoms with Gasteiger partial charge in [-0.3, -0.25) is 14.9 Å². The van der Waals surface area contributed by atoms with E-state index in [-0.39, 0.29) is 23.7 Å². The molecule has 0 spiro atoms. The predicted molar refractivity (Wildman–Crippen MR) is 38.5 cm³/mol. The van der Waals surface area contributed by atoms with Crippen LogP contribution in [0.2, 0.25) is 0 Å². The first-order valence-electron chi connectivity index (χ1n) is 3.79. The van der Waals surface area contributed by atoms with Crippen LogP contribution in [0.1, 0.15) is 12.8 Å². The van der Waals surface area contributed by atoms with Gasteiger partial charge in [-0.15, -0.1) is 0 Å². The normalized spacial score (nSPS) is 35.3. The molecular weight excluding hydrogens is 142 g/mol. The van der Waals surface area contributed by atoms with Crippen LogP contribution in [0.5, 0.6) is 0 Å². The molecule has 0 aromatic carbocycles. The van der Waals surface area contributed by atoms with Crippen LogP contribution in [0.4, 0.5) is 0 Å². The van der Waals surface area contributed by atoms with E-state index in [9.17, 15) is 9.59 Å². The molecule has 3 heteroatoms. The minimum Gasteiger partial charge on any atom is -0.296 e. The molecule has 11 heavy (non-hydrogen) atoms. The van der Waals surface area contributed by atoms with Crippen molar-refractivity contribution in [3.05, 3.63) is 12.2 Å². The fourth-order valence-corrected chi connectivity index (χ4v) is 1.70. The minimum absolute atomic E-state index is 0.0764. The number of fused-ring (bicyclic) bond motifs is 1. The van der Waals surface area contributed by atoms with Gasteiger partial charge in [0.1, 0.15) is 0 Å². The van der Waals surface area contributed by atoms with Crippen molar-refractivity contribution in [2.75, 3.05) is 0 Å². The van der Waals surface area contributed by atoms with Gasteiger partial charge in [0.05, 0.1) is 11.8 Å². The molecule has 1 heterocycles. The molecule has 0 bridgehead atoms. The van der Waals surface area contributed by atoms with Gasteiger partial charge in [0, 0.05) is 0 Å². The van der Waals surface area contributed by atoms with Crippen LogP contribution in [-0.2, 0) is 9.59 Å². The molecule has 0 saturated carbocycles. The van der Waals surface area contributed by atoms with Crippen LogP contribution in [0.15, 0.2) is 12.2 Å². The Kier molecular flexibility index (Phi) is 1.31. The zero-order valence-electron chi connectivity index (χ0n) is 6.04. The van der Waals surface area contributed by atoms with E-state index < -0.39 is 0 Å². The second-order valence-electron chi connectivity index (χ2n) is 3.01. The number of allylic oxidation sites excluding steroid dienone is 2. The molecule has 1 aliphatic carbocycles. The van der Waals surface area contributed by atoms with E-state index in [1.807, 2.05) is 12.2 Å². The van der Waals surface area contributed by atoms with Crippen molar-refractivity contribution >= 4 is 11.8 Å². The van der Waals surface area contributed by atoms with Crippen molar-refractivity contribution in [3.8, 4) is 0 Å². The van der Waals surface area contributed by atoms with E-state index in [0.29, 0.717) is 0 Å². The highest BCUT2D eigenvalue weighted by atomic mass is 16.2. The lowest BCUT2D eigenvalue weighted by atomic mass is 9.85. The summed E-state index contributed by atoms with van der Waals surface area (Å²) in [5, 5.41) is 2.34. The number of amides is 2. The molecule has 3 nitrogen and oxygen atoms in total. The Morgan fingerprint density at radius 3 is 2.00 bits per heavy atom. The average molecular weight is 151 g/mol. The van der Waals surface area contributed by atoms with Gasteiger partial charge in [-0.1, -0.05) is 12.2 Å². The van der Waals surface area contributed by atoms with Crippen molar-refractivity contribution < 1.29 is 9.59 Å². The van der Waals surface area contributed by atoms with Gasteiger partial charge < -0.3 is 0 Å². The van der Waals surface area contributed by atoms with E-state index in [1.165, 1.54) is 0 Å². The largest absolute Gasteiger partial charge is 0.296 e. The molecule has 0 aromatic rings. The summed E-state index contributed by atoms with van der Waals surface area (Å²) < 4.78 is 0. The zero-order valence-corrected chi connectivity index (χ0v) is 6.04. The lowest BCUT2D eigenvalue weighted by Crippen LogP contribution is -2.21. The first-order chi connectivity index (χ1) is 5.29. The Balaban J connectivity index is 2.28. The fourth-order valence-electron chi connectivity index (χ4n) is 1.70. The molecule has 58 valence electrons. The summed E-state index contributed by atoms with van der Waals surface area (Å²) in [6.45, 7) is 0. The second-order valence-corrected chi connectivity index (χ2v) is 3.01. The van der Waals surface area contributed by atoms with Crippen molar-refractivity contribution in [2.45, 2.75) is 12.8 Å². The first kappa shape index (κ1) is 6.58. The second kappa shape index (κ2) is 2.19. The SMILES string of the molecule is O=C1NC(=O)[C@@H]2CC=CCC12. The highest BCUT2D eigenvalue weighted by Crippen LogP contribution is 2.29. The van der Waals surface area contributed by atoms with E-state index >= 15 is 0 Å². The van der Waals surface area contributed by atoms with Crippen LogP contribution in [-0.4, -0.2) is 11.8 Å². The quantitative estimate of drug-likeness (QED) is 0.398. The van der Waals surface area contributed by atoms with Gasteiger partial charge in [-0.05, 0) is 12.8 Å². The predicted octanol–water partition coefficient (Wildman–Crippen LogP) is 0.225. The van der Waals surface area contributed by atoms with Crippen molar-refractivity contribution in [3.63, 3.8) is 0 Å². The number of hydrogen-bond acceptors (Lipinski definition) is 2. The molecule has 2 amide bonds. The molecule has 1 saturated heterocycles. The average Bonchev–Trinajstić information content (AvgIpc) is 2.30. The lowest BCUT2D eigenvalue weighted by Gasteiger charge is -2.14. The van der Waals surface area contributed by atoms with Crippen molar-refractivity contribution in [2.24, 2.45) is 11.8 Å². The third-order valence-corrected chi connectivity index (χ3v) is 2.35. The molecule has 1 fully saturated rings. The highest BCUT2D eigenvalue weighted by Gasteiger charge is 2.40. The molecule has 2 aliphatic rings. The standard InChI is InChI=1S/C8H9NO2/c10-7-5-3-1-2-4-6(5)8(11)9-7/h1-2,5-6H,3-4H2,(H,9,10,11)/t5-,6?/m1/s1. The summed E-state index contributed by atoms with van der Waals surface area (Å²) in [6.07, 6.45) is 5.39. The van der Waals surface area contributed by atoms with Crippen LogP contribution >= 0.6 is 0 Å². The van der Waals surface area contributed by atoms with E-state index in [2.05, 4.69) is 5.32 Å². The Morgan fingerprint density at radius 2 is 1.55 bits per heavy atom. The summed E-state index contributed by atoms with van der Waals surface area (Å²) in [5.41, 5.74) is 0. The van der Waals surface area contributed by atoms with Gasteiger partial charge in [0.25, 0.3) is 0 Å². The number of carbonyl (C=O) groups is 2. The number of carbonyl (C=O) groups excluding carboxylic acids is 2.